The number of aryl methyl sites for hydroxylation is 2. The third kappa shape index (κ3) is 6.37. The van der Waals surface area contributed by atoms with Crippen LogP contribution in [0.1, 0.15) is 43.6 Å². The first-order chi connectivity index (χ1) is 15.2. The Morgan fingerprint density at radius 1 is 1.19 bits per heavy atom. The molecule has 0 fully saturated rings. The summed E-state index contributed by atoms with van der Waals surface area (Å²) in [5.41, 5.74) is 9.61. The molecule has 3 N–H and O–H groups in total. The number of nitrogens with zero attached hydrogens (tertiary/aromatic N) is 3. The fraction of sp³-hybridized carbons (Fsp3) is 0.417. The molecule has 8 nitrogen and oxygen atoms in total. The van der Waals surface area contributed by atoms with Crippen molar-refractivity contribution >= 4 is 5.91 Å². The van der Waals surface area contributed by atoms with Crippen molar-refractivity contribution < 1.29 is 19.2 Å². The summed E-state index contributed by atoms with van der Waals surface area (Å²) in [7, 11) is 0. The van der Waals surface area contributed by atoms with Crippen LogP contribution < -0.4 is 10.5 Å². The monoisotopic (exact) mass is 438 g/mol. The van der Waals surface area contributed by atoms with E-state index in [2.05, 4.69) is 29.0 Å². The molecule has 0 aliphatic rings. The number of aliphatic hydroxyl groups excluding tert-OH is 1. The van der Waals surface area contributed by atoms with Crippen LogP contribution in [0.4, 0.5) is 0 Å². The number of carbonyl (C=O) groups is 1. The second kappa shape index (κ2) is 10.4. The van der Waals surface area contributed by atoms with E-state index >= 15 is 0 Å². The molecular formula is C24H30N4O4. The van der Waals surface area contributed by atoms with Crippen molar-refractivity contribution in [2.24, 2.45) is 11.7 Å². The number of aliphatic hydroxyl groups is 1. The SMILES string of the molecule is Cc1cc(-c2nc(-c3ccc(OC[C@@H](O)CCC(N)=O)cc3C)no2)cc(CC(C)C)n1. The zero-order valence-corrected chi connectivity index (χ0v) is 19.0. The van der Waals surface area contributed by atoms with Crippen molar-refractivity contribution in [2.45, 2.75) is 53.1 Å². The maximum Gasteiger partial charge on any atom is 0.258 e. The van der Waals surface area contributed by atoms with Gasteiger partial charge in [0.25, 0.3) is 5.89 Å². The highest BCUT2D eigenvalue weighted by molar-refractivity contribution is 5.73. The van der Waals surface area contributed by atoms with Gasteiger partial charge in [0, 0.05) is 28.9 Å². The Kier molecular flexibility index (Phi) is 7.58. The molecule has 1 aromatic carbocycles. The molecular weight excluding hydrogens is 408 g/mol. The van der Waals surface area contributed by atoms with Crippen LogP contribution >= 0.6 is 0 Å². The van der Waals surface area contributed by atoms with Gasteiger partial charge in [-0.25, -0.2) is 0 Å². The van der Waals surface area contributed by atoms with Crippen molar-refractivity contribution in [3.63, 3.8) is 0 Å². The molecule has 0 bridgehead atoms. The number of amides is 1. The molecule has 8 heteroatoms. The molecule has 0 aliphatic carbocycles. The highest BCUT2D eigenvalue weighted by Crippen LogP contribution is 2.28. The van der Waals surface area contributed by atoms with Gasteiger partial charge in [0.2, 0.25) is 11.7 Å². The molecule has 0 saturated heterocycles. The Morgan fingerprint density at radius 2 is 1.97 bits per heavy atom. The average Bonchev–Trinajstić information content (AvgIpc) is 3.20. The predicted molar refractivity (Wildman–Crippen MR) is 121 cm³/mol. The van der Waals surface area contributed by atoms with Crippen LogP contribution in [0.3, 0.4) is 0 Å². The molecule has 1 atom stereocenters. The molecule has 0 radical (unpaired) electrons. The number of nitrogens with two attached hydrogens (primary N) is 1. The minimum Gasteiger partial charge on any atom is -0.491 e. The third-order valence-corrected chi connectivity index (χ3v) is 4.90. The Bertz CT molecular complexity index is 1080. The number of aromatic nitrogens is 3. The number of benzene rings is 1. The molecule has 0 unspecified atom stereocenters. The largest absolute Gasteiger partial charge is 0.491 e. The Hall–Kier alpha value is -3.26. The van der Waals surface area contributed by atoms with Gasteiger partial charge in [-0.2, -0.15) is 4.98 Å². The van der Waals surface area contributed by atoms with Crippen molar-refractivity contribution in [1.29, 1.82) is 0 Å². The van der Waals surface area contributed by atoms with Gasteiger partial charge >= 0.3 is 0 Å². The van der Waals surface area contributed by atoms with Gasteiger partial charge in [-0.3, -0.25) is 9.78 Å². The summed E-state index contributed by atoms with van der Waals surface area (Å²) in [5, 5.41) is 14.0. The maximum absolute atomic E-state index is 10.8. The Balaban J connectivity index is 1.72. The summed E-state index contributed by atoms with van der Waals surface area (Å²) < 4.78 is 11.2. The van der Waals surface area contributed by atoms with E-state index in [9.17, 15) is 9.90 Å². The fourth-order valence-electron chi connectivity index (χ4n) is 3.40. The van der Waals surface area contributed by atoms with Crippen molar-refractivity contribution in [3.05, 3.63) is 47.3 Å². The molecule has 32 heavy (non-hydrogen) atoms. The van der Waals surface area contributed by atoms with Gasteiger partial charge in [-0.15, -0.1) is 0 Å². The predicted octanol–water partition coefficient (Wildman–Crippen LogP) is 3.62. The first kappa shape index (κ1) is 23.4. The summed E-state index contributed by atoms with van der Waals surface area (Å²) in [6, 6.07) is 9.43. The van der Waals surface area contributed by atoms with Crippen LogP contribution in [-0.2, 0) is 11.2 Å². The summed E-state index contributed by atoms with van der Waals surface area (Å²) >= 11 is 0. The van der Waals surface area contributed by atoms with E-state index in [1.165, 1.54) is 0 Å². The van der Waals surface area contributed by atoms with E-state index in [0.717, 1.165) is 34.5 Å². The van der Waals surface area contributed by atoms with Gasteiger partial charge in [-0.05, 0) is 68.5 Å². The quantitative estimate of drug-likeness (QED) is 0.495. The lowest BCUT2D eigenvalue weighted by molar-refractivity contribution is -0.118. The topological polar surface area (TPSA) is 124 Å². The molecule has 2 aromatic heterocycles. The maximum atomic E-state index is 10.8. The highest BCUT2D eigenvalue weighted by Gasteiger charge is 2.15. The molecule has 3 rings (SSSR count). The van der Waals surface area contributed by atoms with Gasteiger partial charge in [-0.1, -0.05) is 19.0 Å². The second-order valence-corrected chi connectivity index (χ2v) is 8.46. The fourth-order valence-corrected chi connectivity index (χ4v) is 3.40. The van der Waals surface area contributed by atoms with Crippen molar-refractivity contribution in [3.8, 4) is 28.6 Å². The van der Waals surface area contributed by atoms with Crippen LogP contribution in [0.25, 0.3) is 22.8 Å². The van der Waals surface area contributed by atoms with E-state index in [4.69, 9.17) is 15.0 Å². The van der Waals surface area contributed by atoms with Crippen molar-refractivity contribution in [2.75, 3.05) is 6.61 Å². The van der Waals surface area contributed by atoms with E-state index in [-0.39, 0.29) is 19.4 Å². The standard InChI is InChI=1S/C24H30N4O4/c1-14(2)9-18-12-17(11-16(4)26-18)24-27-23(28-32-24)21-7-6-20(10-15(21)3)31-13-19(29)5-8-22(25)30/h6-7,10-12,14,19,29H,5,8-9,13H2,1-4H3,(H2,25,30)/t19-/m0/s1. The first-order valence-corrected chi connectivity index (χ1v) is 10.7. The number of primary amides is 1. The normalized spacial score (nSPS) is 12.2. The Morgan fingerprint density at radius 3 is 2.66 bits per heavy atom. The van der Waals surface area contributed by atoms with Crippen LogP contribution in [-0.4, -0.2) is 38.8 Å². The lowest BCUT2D eigenvalue weighted by Crippen LogP contribution is -2.21. The Labute approximate surface area is 187 Å². The molecule has 0 saturated carbocycles. The first-order valence-electron chi connectivity index (χ1n) is 10.7. The summed E-state index contributed by atoms with van der Waals surface area (Å²) in [5.74, 6) is 1.61. The van der Waals surface area contributed by atoms with E-state index in [1.54, 1.807) is 6.07 Å². The number of hydrogen-bond donors (Lipinski definition) is 2. The van der Waals surface area contributed by atoms with Crippen LogP contribution in [0, 0.1) is 19.8 Å². The van der Waals surface area contributed by atoms with E-state index < -0.39 is 12.0 Å². The van der Waals surface area contributed by atoms with Gasteiger partial charge in [0.1, 0.15) is 12.4 Å². The van der Waals surface area contributed by atoms with Crippen LogP contribution in [0.2, 0.25) is 0 Å². The molecule has 170 valence electrons. The van der Waals surface area contributed by atoms with Crippen molar-refractivity contribution in [1.82, 2.24) is 15.1 Å². The summed E-state index contributed by atoms with van der Waals surface area (Å²) in [4.78, 5) is 20.0. The molecule has 1 amide bonds. The van der Waals surface area contributed by atoms with Crippen LogP contribution in [0.15, 0.2) is 34.9 Å². The second-order valence-electron chi connectivity index (χ2n) is 8.46. The average molecular weight is 439 g/mol. The van der Waals surface area contributed by atoms with Gasteiger partial charge < -0.3 is 20.1 Å². The highest BCUT2D eigenvalue weighted by atomic mass is 16.5. The zero-order chi connectivity index (χ0) is 23.3. The smallest absolute Gasteiger partial charge is 0.258 e. The number of ether oxygens (including phenoxy) is 1. The van der Waals surface area contributed by atoms with E-state index in [1.807, 2.05) is 38.1 Å². The molecule has 2 heterocycles. The molecule has 3 aromatic rings. The number of rotatable bonds is 10. The summed E-state index contributed by atoms with van der Waals surface area (Å²) in [6.07, 6.45) is 0.518. The van der Waals surface area contributed by atoms with E-state index in [0.29, 0.717) is 23.4 Å². The van der Waals surface area contributed by atoms with Gasteiger partial charge in [0.15, 0.2) is 0 Å². The minimum atomic E-state index is -0.758. The molecule has 0 aliphatic heterocycles. The van der Waals surface area contributed by atoms with Gasteiger partial charge in [0.05, 0.1) is 6.10 Å². The minimum absolute atomic E-state index is 0.0819. The summed E-state index contributed by atoms with van der Waals surface area (Å²) in [6.45, 7) is 8.29. The number of carbonyl (C=O) groups excluding carboxylic acids is 1. The molecule has 0 spiro atoms. The lowest BCUT2D eigenvalue weighted by atomic mass is 10.1. The lowest BCUT2D eigenvalue weighted by Gasteiger charge is -2.12. The zero-order valence-electron chi connectivity index (χ0n) is 19.0. The number of pyridine rings is 1. The third-order valence-electron chi connectivity index (χ3n) is 4.90. The van der Waals surface area contributed by atoms with Crippen LogP contribution in [0.5, 0.6) is 5.75 Å². The number of hydrogen-bond acceptors (Lipinski definition) is 7.